The van der Waals surface area contributed by atoms with Crippen LogP contribution in [0.15, 0.2) is 101 Å². The summed E-state index contributed by atoms with van der Waals surface area (Å²) in [6, 6.07) is 25.0. The van der Waals surface area contributed by atoms with Gasteiger partial charge in [-0.2, -0.15) is 0 Å². The minimum Gasteiger partial charge on any atom is -0.464 e. The fourth-order valence-corrected chi connectivity index (χ4v) is 2.92. The van der Waals surface area contributed by atoms with Crippen molar-refractivity contribution in [2.75, 3.05) is 7.11 Å². The van der Waals surface area contributed by atoms with E-state index in [1.807, 2.05) is 67.6 Å². The van der Waals surface area contributed by atoms with Crippen molar-refractivity contribution >= 4 is 29.1 Å². The molecule has 32 heavy (non-hydrogen) atoms. The highest BCUT2D eigenvalue weighted by molar-refractivity contribution is 6.53. The number of rotatable bonds is 7. The van der Waals surface area contributed by atoms with E-state index < -0.39 is 23.0 Å². The zero-order chi connectivity index (χ0) is 22.9. The predicted molar refractivity (Wildman–Crippen MR) is 123 cm³/mol. The Morgan fingerprint density at radius 2 is 1.28 bits per heavy atom. The second-order valence-corrected chi connectivity index (χ2v) is 6.79. The molecular weight excluding hydrogens is 404 g/mol. The molecule has 0 N–H and O–H groups in total. The van der Waals surface area contributed by atoms with E-state index >= 15 is 0 Å². The van der Waals surface area contributed by atoms with Gasteiger partial charge in [-0.15, -0.1) is 10.2 Å². The number of ether oxygens (including phenoxy) is 1. The maximum absolute atomic E-state index is 12.9. The lowest BCUT2D eigenvalue weighted by Crippen LogP contribution is -2.24. The zero-order valence-corrected chi connectivity index (χ0v) is 17.6. The SMILES string of the molecule is COC(=O)/C(=N\N=C(c1ccccc1)c1ccccc1)C(=C=O)C(=O)c1ccc(C)cc1. The first kappa shape index (κ1) is 22.3. The van der Waals surface area contributed by atoms with Gasteiger partial charge in [0.25, 0.3) is 0 Å². The van der Waals surface area contributed by atoms with Crippen molar-refractivity contribution in [1.82, 2.24) is 0 Å². The minimum absolute atomic E-state index is 0.223. The molecule has 3 aromatic rings. The van der Waals surface area contributed by atoms with Gasteiger partial charge in [0.15, 0.2) is 5.71 Å². The van der Waals surface area contributed by atoms with Crippen molar-refractivity contribution in [2.24, 2.45) is 10.2 Å². The van der Waals surface area contributed by atoms with Gasteiger partial charge < -0.3 is 4.74 Å². The number of ketones is 1. The van der Waals surface area contributed by atoms with Gasteiger partial charge in [0, 0.05) is 16.7 Å². The standard InChI is InChI=1S/C26H20N2O4/c1-18-13-15-21(16-14-18)25(30)22(17-29)24(26(31)32-2)28-27-23(19-9-5-3-6-10-19)20-11-7-4-8-12-20/h3-16H,1-2H3/b28-24-. The summed E-state index contributed by atoms with van der Waals surface area (Å²) in [5, 5.41) is 8.24. The fourth-order valence-electron chi connectivity index (χ4n) is 2.92. The molecule has 0 aliphatic rings. The zero-order valence-electron chi connectivity index (χ0n) is 17.6. The molecule has 6 nitrogen and oxygen atoms in total. The molecule has 0 bridgehead atoms. The highest BCUT2D eigenvalue weighted by Crippen LogP contribution is 2.14. The molecule has 3 rings (SSSR count). The Morgan fingerprint density at radius 3 is 1.75 bits per heavy atom. The molecule has 0 saturated carbocycles. The number of Topliss-reactive ketones (excluding diaryl/α,β-unsaturated/α-hetero) is 1. The van der Waals surface area contributed by atoms with Crippen LogP contribution in [0.2, 0.25) is 0 Å². The third kappa shape index (κ3) is 5.19. The lowest BCUT2D eigenvalue weighted by molar-refractivity contribution is -0.132. The molecule has 0 spiro atoms. The van der Waals surface area contributed by atoms with Gasteiger partial charge >= 0.3 is 5.97 Å². The molecule has 0 amide bonds. The number of nitrogens with zero attached hydrogens (tertiary/aromatic N) is 2. The van der Waals surface area contributed by atoms with Crippen molar-refractivity contribution in [3.05, 3.63) is 113 Å². The summed E-state index contributed by atoms with van der Waals surface area (Å²) in [4.78, 5) is 37.0. The fraction of sp³-hybridized carbons (Fsp3) is 0.0769. The predicted octanol–water partition coefficient (Wildman–Crippen LogP) is 4.00. The lowest BCUT2D eigenvalue weighted by atomic mass is 10.00. The summed E-state index contributed by atoms with van der Waals surface area (Å²) in [6.45, 7) is 1.87. The van der Waals surface area contributed by atoms with Crippen molar-refractivity contribution in [1.29, 1.82) is 0 Å². The van der Waals surface area contributed by atoms with Crippen molar-refractivity contribution < 1.29 is 19.1 Å². The molecule has 6 heteroatoms. The van der Waals surface area contributed by atoms with Gasteiger partial charge in [-0.3, -0.25) is 4.79 Å². The van der Waals surface area contributed by atoms with Gasteiger partial charge in [-0.25, -0.2) is 9.59 Å². The topological polar surface area (TPSA) is 85.2 Å². The summed E-state index contributed by atoms with van der Waals surface area (Å²) < 4.78 is 4.75. The van der Waals surface area contributed by atoms with Crippen LogP contribution in [0.5, 0.6) is 0 Å². The van der Waals surface area contributed by atoms with E-state index in [1.165, 1.54) is 0 Å². The Hall–Kier alpha value is -4.41. The number of aryl methyl sites for hydroxylation is 1. The Labute approximate surface area is 185 Å². The van der Waals surface area contributed by atoms with Gasteiger partial charge in [-0.1, -0.05) is 90.5 Å². The van der Waals surface area contributed by atoms with Crippen LogP contribution in [0.3, 0.4) is 0 Å². The average molecular weight is 424 g/mol. The van der Waals surface area contributed by atoms with Crippen LogP contribution in [0, 0.1) is 6.92 Å². The first-order valence-corrected chi connectivity index (χ1v) is 9.76. The summed E-state index contributed by atoms with van der Waals surface area (Å²) in [5.74, 6) is -0.109. The first-order valence-electron chi connectivity index (χ1n) is 9.76. The van der Waals surface area contributed by atoms with Crippen LogP contribution in [-0.2, 0) is 14.3 Å². The second kappa shape index (κ2) is 10.6. The number of hydrogen-bond acceptors (Lipinski definition) is 6. The van der Waals surface area contributed by atoms with Crippen molar-refractivity contribution in [3.8, 4) is 0 Å². The van der Waals surface area contributed by atoms with Crippen LogP contribution in [0.25, 0.3) is 0 Å². The molecule has 0 fully saturated rings. The maximum atomic E-state index is 12.9. The summed E-state index contributed by atoms with van der Waals surface area (Å²) >= 11 is 0. The largest absolute Gasteiger partial charge is 0.464 e. The summed E-state index contributed by atoms with van der Waals surface area (Å²) in [5.41, 5.74) is 2.05. The van der Waals surface area contributed by atoms with E-state index in [9.17, 15) is 14.4 Å². The third-order valence-electron chi connectivity index (χ3n) is 4.60. The number of carbonyl (C=O) groups is 2. The molecule has 0 aromatic heterocycles. The Morgan fingerprint density at radius 1 is 0.750 bits per heavy atom. The Bertz CT molecular complexity index is 1180. The van der Waals surface area contributed by atoms with Crippen LogP contribution in [0.4, 0.5) is 0 Å². The monoisotopic (exact) mass is 424 g/mol. The van der Waals surface area contributed by atoms with Crippen LogP contribution in [0.1, 0.15) is 27.0 Å². The minimum atomic E-state index is -0.965. The van der Waals surface area contributed by atoms with Crippen LogP contribution < -0.4 is 0 Å². The molecule has 0 aliphatic carbocycles. The second-order valence-electron chi connectivity index (χ2n) is 6.79. The number of benzene rings is 3. The molecule has 0 aliphatic heterocycles. The molecule has 0 unspecified atom stereocenters. The average Bonchev–Trinajstić information content (AvgIpc) is 2.84. The molecule has 158 valence electrons. The Balaban J connectivity index is 2.12. The number of hydrogen-bond donors (Lipinski definition) is 0. The van der Waals surface area contributed by atoms with E-state index in [4.69, 9.17) is 4.74 Å². The van der Waals surface area contributed by atoms with Gasteiger partial charge in [0.1, 0.15) is 17.2 Å². The normalized spacial score (nSPS) is 10.6. The third-order valence-corrected chi connectivity index (χ3v) is 4.60. The molecule has 0 radical (unpaired) electrons. The number of carbonyl (C=O) groups excluding carboxylic acids is 3. The van der Waals surface area contributed by atoms with Crippen LogP contribution in [-0.4, -0.2) is 36.2 Å². The van der Waals surface area contributed by atoms with Gasteiger partial charge in [-0.05, 0) is 6.92 Å². The summed E-state index contributed by atoms with van der Waals surface area (Å²) in [7, 11) is 1.13. The van der Waals surface area contributed by atoms with Gasteiger partial charge in [0.2, 0.25) is 5.78 Å². The molecule has 0 atom stereocenters. The maximum Gasteiger partial charge on any atom is 0.360 e. The number of esters is 1. The molecular formula is C26H20N2O4. The molecule has 3 aromatic carbocycles. The highest BCUT2D eigenvalue weighted by Gasteiger charge is 2.26. The lowest BCUT2D eigenvalue weighted by Gasteiger charge is -2.07. The number of methoxy groups -OCH3 is 1. The Kier molecular flexibility index (Phi) is 7.36. The summed E-state index contributed by atoms with van der Waals surface area (Å²) in [6.07, 6.45) is 0. The molecule has 0 saturated heterocycles. The van der Waals surface area contributed by atoms with E-state index in [-0.39, 0.29) is 5.56 Å². The smallest absolute Gasteiger partial charge is 0.360 e. The van der Waals surface area contributed by atoms with E-state index in [0.717, 1.165) is 23.8 Å². The van der Waals surface area contributed by atoms with E-state index in [0.29, 0.717) is 5.71 Å². The van der Waals surface area contributed by atoms with Gasteiger partial charge in [0.05, 0.1) is 7.11 Å². The molecule has 0 heterocycles. The van der Waals surface area contributed by atoms with Crippen LogP contribution >= 0.6 is 0 Å². The van der Waals surface area contributed by atoms with Crippen molar-refractivity contribution in [2.45, 2.75) is 6.92 Å². The van der Waals surface area contributed by atoms with Crippen molar-refractivity contribution in [3.63, 3.8) is 0 Å². The highest BCUT2D eigenvalue weighted by atomic mass is 16.5. The first-order chi connectivity index (χ1) is 15.5. The van der Waals surface area contributed by atoms with E-state index in [2.05, 4.69) is 10.2 Å². The quantitative estimate of drug-likeness (QED) is 0.143. The van der Waals surface area contributed by atoms with E-state index in [1.54, 1.807) is 30.2 Å².